The Bertz CT molecular complexity index is 150. The van der Waals surface area contributed by atoms with E-state index in [4.69, 9.17) is 0 Å². The molecule has 0 radical (unpaired) electrons. The molecule has 3 nitrogen and oxygen atoms in total. The highest BCUT2D eigenvalue weighted by molar-refractivity contribution is 14.1. The smallest absolute Gasteiger partial charge is 0.147 e. The molecule has 0 aliphatic rings. The van der Waals surface area contributed by atoms with Gasteiger partial charge in [-0.2, -0.15) is 0 Å². The fraction of sp³-hybridized carbons (Fsp3) is 0.250. The second-order valence-electron chi connectivity index (χ2n) is 1.33. The molecule has 0 aliphatic carbocycles. The van der Waals surface area contributed by atoms with Gasteiger partial charge in [-0.1, -0.05) is 0 Å². The highest BCUT2D eigenvalue weighted by Gasteiger charge is 1.86. The molecule has 0 saturated heterocycles. The van der Waals surface area contributed by atoms with Gasteiger partial charge in [0.1, 0.15) is 9.53 Å². The quantitative estimate of drug-likeness (QED) is 0.607. The van der Waals surface area contributed by atoms with E-state index in [1.807, 2.05) is 6.92 Å². The lowest BCUT2D eigenvalue weighted by Crippen LogP contribution is -1.91. The van der Waals surface area contributed by atoms with Crippen LogP contribution in [-0.4, -0.2) is 15.2 Å². The molecule has 1 rings (SSSR count). The van der Waals surface area contributed by atoms with E-state index < -0.39 is 0 Å². The maximum absolute atomic E-state index is 3.90. The summed E-state index contributed by atoms with van der Waals surface area (Å²) in [6.45, 7) is 1.81. The second-order valence-corrected chi connectivity index (χ2v) is 2.43. The van der Waals surface area contributed by atoms with E-state index in [0.717, 1.165) is 3.70 Å². The number of halogens is 1. The molecule has 8 heavy (non-hydrogen) atoms. The summed E-state index contributed by atoms with van der Waals surface area (Å²) in [5.74, 6) is 0.713. The number of nitrogens with zero attached hydrogens (tertiary/aromatic N) is 3. The second kappa shape index (κ2) is 2.34. The Morgan fingerprint density at radius 1 is 1.50 bits per heavy atom. The number of hydrogen-bond acceptors (Lipinski definition) is 3. The Morgan fingerprint density at radius 2 is 2.25 bits per heavy atom. The monoisotopic (exact) mass is 221 g/mol. The zero-order valence-corrected chi connectivity index (χ0v) is 6.45. The van der Waals surface area contributed by atoms with Crippen LogP contribution in [0.4, 0.5) is 0 Å². The highest BCUT2D eigenvalue weighted by atomic mass is 127. The molecule has 4 heteroatoms. The summed E-state index contributed by atoms with van der Waals surface area (Å²) >= 11 is 2.06. The molecule has 0 aromatic carbocycles. The zero-order valence-electron chi connectivity index (χ0n) is 4.30. The van der Waals surface area contributed by atoms with Crippen LogP contribution in [0.1, 0.15) is 5.82 Å². The standard InChI is InChI=1S/C4H4IN3/c1-3-6-2-4(5)8-7-3/h2H,1H3. The van der Waals surface area contributed by atoms with Crippen molar-refractivity contribution >= 4 is 22.6 Å². The summed E-state index contributed by atoms with van der Waals surface area (Å²) in [5, 5.41) is 7.46. The third-order valence-electron chi connectivity index (χ3n) is 0.648. The Balaban J connectivity index is 3.03. The van der Waals surface area contributed by atoms with Gasteiger partial charge in [0.2, 0.25) is 0 Å². The third kappa shape index (κ3) is 1.36. The fourth-order valence-corrected chi connectivity index (χ4v) is 0.566. The van der Waals surface area contributed by atoms with Crippen molar-refractivity contribution in [1.29, 1.82) is 0 Å². The van der Waals surface area contributed by atoms with Crippen molar-refractivity contribution in [3.05, 3.63) is 15.7 Å². The topological polar surface area (TPSA) is 38.7 Å². The number of aromatic nitrogens is 3. The van der Waals surface area contributed by atoms with Gasteiger partial charge in [-0.3, -0.25) is 0 Å². The van der Waals surface area contributed by atoms with Crippen molar-refractivity contribution < 1.29 is 0 Å². The van der Waals surface area contributed by atoms with Crippen LogP contribution >= 0.6 is 22.6 Å². The predicted octanol–water partition coefficient (Wildman–Crippen LogP) is 0.785. The van der Waals surface area contributed by atoms with Crippen molar-refractivity contribution in [2.75, 3.05) is 0 Å². The molecule has 1 aromatic heterocycles. The Kier molecular flexibility index (Phi) is 1.72. The van der Waals surface area contributed by atoms with Crippen molar-refractivity contribution in [2.24, 2.45) is 0 Å². The van der Waals surface area contributed by atoms with E-state index in [9.17, 15) is 0 Å². The van der Waals surface area contributed by atoms with Crippen LogP contribution in [0.15, 0.2) is 6.20 Å². The third-order valence-corrected chi connectivity index (χ3v) is 1.14. The lowest BCUT2D eigenvalue weighted by atomic mass is 10.7. The minimum absolute atomic E-state index is 0.713. The first kappa shape index (κ1) is 5.87. The van der Waals surface area contributed by atoms with Crippen LogP contribution in [0, 0.1) is 10.6 Å². The van der Waals surface area contributed by atoms with E-state index in [0.29, 0.717) is 5.82 Å². The van der Waals surface area contributed by atoms with E-state index in [-0.39, 0.29) is 0 Å². The zero-order chi connectivity index (χ0) is 5.98. The number of rotatable bonds is 0. The Morgan fingerprint density at radius 3 is 2.62 bits per heavy atom. The molecule has 0 fully saturated rings. The molecule has 0 N–H and O–H groups in total. The molecule has 1 heterocycles. The van der Waals surface area contributed by atoms with Gasteiger partial charge in [-0.15, -0.1) is 10.2 Å². The first-order valence-corrected chi connectivity index (χ1v) is 3.19. The molecular weight excluding hydrogens is 217 g/mol. The van der Waals surface area contributed by atoms with Gasteiger partial charge >= 0.3 is 0 Å². The average Bonchev–Trinajstić information content (AvgIpc) is 1.77. The fourth-order valence-electron chi connectivity index (χ4n) is 0.318. The minimum atomic E-state index is 0.713. The number of aryl methyl sites for hydroxylation is 1. The largest absolute Gasteiger partial charge is 0.237 e. The summed E-state index contributed by atoms with van der Waals surface area (Å²) in [6, 6.07) is 0. The number of hydrogen-bond donors (Lipinski definition) is 0. The summed E-state index contributed by atoms with van der Waals surface area (Å²) < 4.78 is 0.827. The van der Waals surface area contributed by atoms with E-state index >= 15 is 0 Å². The van der Waals surface area contributed by atoms with E-state index in [2.05, 4.69) is 37.8 Å². The molecule has 0 amide bonds. The van der Waals surface area contributed by atoms with Gasteiger partial charge < -0.3 is 0 Å². The van der Waals surface area contributed by atoms with Gasteiger partial charge in [0, 0.05) is 0 Å². The van der Waals surface area contributed by atoms with Crippen molar-refractivity contribution in [2.45, 2.75) is 6.92 Å². The molecule has 0 unspecified atom stereocenters. The van der Waals surface area contributed by atoms with E-state index in [1.54, 1.807) is 6.20 Å². The Labute approximate surface area is 60.7 Å². The maximum Gasteiger partial charge on any atom is 0.147 e. The Hall–Kier alpha value is -0.260. The molecule has 0 aliphatic heterocycles. The molecule has 0 bridgehead atoms. The van der Waals surface area contributed by atoms with Gasteiger partial charge in [0.05, 0.1) is 6.20 Å². The van der Waals surface area contributed by atoms with Crippen LogP contribution in [0.5, 0.6) is 0 Å². The summed E-state index contributed by atoms with van der Waals surface area (Å²) in [7, 11) is 0. The summed E-state index contributed by atoms with van der Waals surface area (Å²) in [4.78, 5) is 3.90. The lowest BCUT2D eigenvalue weighted by Gasteiger charge is -1.85. The molecule has 1 aromatic rings. The first-order chi connectivity index (χ1) is 3.79. The molecule has 0 saturated carbocycles. The average molecular weight is 221 g/mol. The molecule has 42 valence electrons. The van der Waals surface area contributed by atoms with Gasteiger partial charge in [-0.05, 0) is 29.5 Å². The van der Waals surface area contributed by atoms with Crippen LogP contribution < -0.4 is 0 Å². The maximum atomic E-state index is 3.90. The first-order valence-electron chi connectivity index (χ1n) is 2.11. The predicted molar refractivity (Wildman–Crippen MR) is 37.3 cm³/mol. The SMILES string of the molecule is Cc1ncc(I)nn1. The summed E-state index contributed by atoms with van der Waals surface area (Å²) in [6.07, 6.45) is 1.68. The van der Waals surface area contributed by atoms with Crippen LogP contribution in [0.3, 0.4) is 0 Å². The van der Waals surface area contributed by atoms with Crippen LogP contribution in [-0.2, 0) is 0 Å². The van der Waals surface area contributed by atoms with Gasteiger partial charge in [0.25, 0.3) is 0 Å². The van der Waals surface area contributed by atoms with Crippen LogP contribution in [0.25, 0.3) is 0 Å². The van der Waals surface area contributed by atoms with Gasteiger partial charge in [0.15, 0.2) is 0 Å². The van der Waals surface area contributed by atoms with Crippen molar-refractivity contribution in [3.8, 4) is 0 Å². The van der Waals surface area contributed by atoms with E-state index in [1.165, 1.54) is 0 Å². The van der Waals surface area contributed by atoms with Crippen LogP contribution in [0.2, 0.25) is 0 Å². The van der Waals surface area contributed by atoms with Crippen molar-refractivity contribution in [1.82, 2.24) is 15.2 Å². The lowest BCUT2D eigenvalue weighted by molar-refractivity contribution is 0.886. The summed E-state index contributed by atoms with van der Waals surface area (Å²) in [5.41, 5.74) is 0. The highest BCUT2D eigenvalue weighted by Crippen LogP contribution is 1.92. The van der Waals surface area contributed by atoms with Gasteiger partial charge in [-0.25, -0.2) is 4.98 Å². The molecular formula is C4H4IN3. The normalized spacial score (nSPS) is 9.25. The molecule has 0 spiro atoms. The minimum Gasteiger partial charge on any atom is -0.237 e. The molecule has 0 atom stereocenters. The van der Waals surface area contributed by atoms with Crippen molar-refractivity contribution in [3.63, 3.8) is 0 Å².